The molecule has 0 saturated carbocycles. The molecule has 1 aliphatic rings. The van der Waals surface area contributed by atoms with Gasteiger partial charge in [-0.15, -0.1) is 0 Å². The van der Waals surface area contributed by atoms with Crippen molar-refractivity contribution in [3.8, 4) is 0 Å². The molecule has 0 unspecified atom stereocenters. The van der Waals surface area contributed by atoms with Crippen LogP contribution in [-0.4, -0.2) is 0 Å². The molecule has 2 aromatic rings. The van der Waals surface area contributed by atoms with Crippen LogP contribution in [0.3, 0.4) is 0 Å². The van der Waals surface area contributed by atoms with Crippen LogP contribution in [0.25, 0.3) is 5.57 Å². The van der Waals surface area contributed by atoms with Crippen molar-refractivity contribution in [2.75, 3.05) is 0 Å². The molecular weight excluding hydrogens is 247 g/mol. The number of hydrogen-bond acceptors (Lipinski definition) is 0. The van der Waals surface area contributed by atoms with Gasteiger partial charge in [-0.1, -0.05) is 49.8 Å². The van der Waals surface area contributed by atoms with Crippen LogP contribution >= 0.6 is 0 Å². The van der Waals surface area contributed by atoms with Crippen molar-refractivity contribution in [3.05, 3.63) is 76.6 Å². The van der Waals surface area contributed by atoms with Crippen LogP contribution in [0.1, 0.15) is 35.6 Å². The molecule has 0 radical (unpaired) electrons. The fraction of sp³-hybridized carbons (Fsp3) is 0.263. The second-order valence-corrected chi connectivity index (χ2v) is 5.47. The molecule has 0 fully saturated rings. The lowest BCUT2D eigenvalue weighted by molar-refractivity contribution is 0.625. The van der Waals surface area contributed by atoms with Gasteiger partial charge in [0.25, 0.3) is 0 Å². The minimum absolute atomic E-state index is 0.135. The van der Waals surface area contributed by atoms with E-state index in [4.69, 9.17) is 0 Å². The molecule has 2 aromatic carbocycles. The van der Waals surface area contributed by atoms with Gasteiger partial charge in [-0.2, -0.15) is 0 Å². The largest absolute Gasteiger partial charge is 0.207 e. The molecule has 0 spiro atoms. The zero-order valence-electron chi connectivity index (χ0n) is 11.8. The second kappa shape index (κ2) is 5.62. The van der Waals surface area contributed by atoms with E-state index in [1.54, 1.807) is 12.1 Å². The van der Waals surface area contributed by atoms with Gasteiger partial charge in [0.05, 0.1) is 0 Å². The van der Waals surface area contributed by atoms with E-state index in [1.807, 2.05) is 6.07 Å². The Balaban J connectivity index is 1.82. The van der Waals surface area contributed by atoms with Crippen molar-refractivity contribution in [2.45, 2.75) is 32.6 Å². The first-order valence-corrected chi connectivity index (χ1v) is 7.32. The van der Waals surface area contributed by atoms with Gasteiger partial charge >= 0.3 is 0 Å². The van der Waals surface area contributed by atoms with Crippen LogP contribution in [0, 0.1) is 5.82 Å². The highest BCUT2D eigenvalue weighted by atomic mass is 19.1. The Bertz CT molecular complexity index is 635. The Kier molecular flexibility index (Phi) is 3.68. The summed E-state index contributed by atoms with van der Waals surface area (Å²) in [5.41, 5.74) is 6.42. The predicted molar refractivity (Wildman–Crippen MR) is 82.2 cm³/mol. The summed E-state index contributed by atoms with van der Waals surface area (Å²) < 4.78 is 13.2. The first-order valence-electron chi connectivity index (χ1n) is 7.32. The maximum absolute atomic E-state index is 13.2. The van der Waals surface area contributed by atoms with Gasteiger partial charge in [-0.3, -0.25) is 0 Å². The Morgan fingerprint density at radius 2 is 1.80 bits per heavy atom. The molecule has 102 valence electrons. The highest BCUT2D eigenvalue weighted by Gasteiger charge is 2.13. The molecule has 1 heteroatoms. The fourth-order valence-corrected chi connectivity index (χ4v) is 2.86. The summed E-state index contributed by atoms with van der Waals surface area (Å²) in [4.78, 5) is 0. The average molecular weight is 266 g/mol. The number of halogens is 1. The van der Waals surface area contributed by atoms with Crippen molar-refractivity contribution in [1.82, 2.24) is 0 Å². The number of aryl methyl sites for hydroxylation is 1. The highest BCUT2D eigenvalue weighted by molar-refractivity contribution is 5.70. The molecule has 0 heterocycles. The van der Waals surface area contributed by atoms with Crippen LogP contribution in [0.4, 0.5) is 4.39 Å². The Morgan fingerprint density at radius 3 is 2.55 bits per heavy atom. The van der Waals surface area contributed by atoms with E-state index >= 15 is 0 Å². The van der Waals surface area contributed by atoms with Crippen LogP contribution in [0.5, 0.6) is 0 Å². The number of benzene rings is 2. The summed E-state index contributed by atoms with van der Waals surface area (Å²) in [6.45, 7) is 2.20. The topological polar surface area (TPSA) is 0 Å². The zero-order valence-corrected chi connectivity index (χ0v) is 11.8. The summed E-state index contributed by atoms with van der Waals surface area (Å²) in [5.74, 6) is -0.135. The molecular formula is C19H19F. The van der Waals surface area contributed by atoms with Crippen molar-refractivity contribution in [1.29, 1.82) is 0 Å². The molecule has 1 aliphatic carbocycles. The summed E-state index contributed by atoms with van der Waals surface area (Å²) in [6, 6.07) is 14.0. The predicted octanol–water partition coefficient (Wildman–Crippen LogP) is 4.96. The average Bonchev–Trinajstić information content (AvgIpc) is 2.48. The van der Waals surface area contributed by atoms with E-state index in [2.05, 4.69) is 37.3 Å². The SMILES string of the molecule is CCCc1ccc(C2=CCc3cc(F)ccc3C2)cc1. The third-order valence-corrected chi connectivity index (χ3v) is 3.98. The lowest BCUT2D eigenvalue weighted by Gasteiger charge is -2.17. The molecule has 0 bridgehead atoms. The molecule has 20 heavy (non-hydrogen) atoms. The van der Waals surface area contributed by atoms with Gasteiger partial charge in [0.2, 0.25) is 0 Å². The van der Waals surface area contributed by atoms with Crippen LogP contribution < -0.4 is 0 Å². The standard InChI is InChI=1S/C19H19F/c1-2-3-14-4-6-15(7-5-14)16-8-9-18-13-19(20)11-10-17(18)12-16/h4-8,10-11,13H,2-3,9,12H2,1H3. The second-order valence-electron chi connectivity index (χ2n) is 5.47. The summed E-state index contributed by atoms with van der Waals surface area (Å²) in [6.07, 6.45) is 6.29. The normalized spacial score (nSPS) is 13.8. The fourth-order valence-electron chi connectivity index (χ4n) is 2.86. The van der Waals surface area contributed by atoms with Crippen LogP contribution in [0.2, 0.25) is 0 Å². The van der Waals surface area contributed by atoms with E-state index in [0.29, 0.717) is 0 Å². The molecule has 3 rings (SSSR count). The first kappa shape index (κ1) is 13.1. The van der Waals surface area contributed by atoms with E-state index in [0.717, 1.165) is 24.8 Å². The van der Waals surface area contributed by atoms with Gasteiger partial charge in [-0.25, -0.2) is 4.39 Å². The number of allylic oxidation sites excluding steroid dienone is 2. The van der Waals surface area contributed by atoms with E-state index in [9.17, 15) is 4.39 Å². The minimum atomic E-state index is -0.135. The summed E-state index contributed by atoms with van der Waals surface area (Å²) in [7, 11) is 0. The monoisotopic (exact) mass is 266 g/mol. The molecule has 0 atom stereocenters. The number of rotatable bonds is 3. The highest BCUT2D eigenvalue weighted by Crippen LogP contribution is 2.28. The van der Waals surface area contributed by atoms with Crippen LogP contribution in [0.15, 0.2) is 48.5 Å². The molecule has 0 nitrogen and oxygen atoms in total. The van der Waals surface area contributed by atoms with Gasteiger partial charge in [0.15, 0.2) is 0 Å². The zero-order chi connectivity index (χ0) is 13.9. The lowest BCUT2D eigenvalue weighted by atomic mass is 9.88. The third kappa shape index (κ3) is 2.67. The summed E-state index contributed by atoms with van der Waals surface area (Å²) >= 11 is 0. The maximum atomic E-state index is 13.2. The van der Waals surface area contributed by atoms with E-state index < -0.39 is 0 Å². The van der Waals surface area contributed by atoms with E-state index in [1.165, 1.54) is 28.7 Å². The molecule has 0 aromatic heterocycles. The van der Waals surface area contributed by atoms with Crippen molar-refractivity contribution >= 4 is 5.57 Å². The quantitative estimate of drug-likeness (QED) is 0.736. The van der Waals surface area contributed by atoms with E-state index in [-0.39, 0.29) is 5.82 Å². The maximum Gasteiger partial charge on any atom is 0.123 e. The van der Waals surface area contributed by atoms with Gasteiger partial charge in [-0.05, 0) is 59.2 Å². The Hall–Kier alpha value is -1.89. The first-order chi connectivity index (χ1) is 9.76. The number of hydrogen-bond donors (Lipinski definition) is 0. The van der Waals surface area contributed by atoms with Crippen molar-refractivity contribution in [3.63, 3.8) is 0 Å². The minimum Gasteiger partial charge on any atom is -0.207 e. The number of fused-ring (bicyclic) bond motifs is 1. The van der Waals surface area contributed by atoms with Gasteiger partial charge < -0.3 is 0 Å². The van der Waals surface area contributed by atoms with Gasteiger partial charge in [0.1, 0.15) is 5.82 Å². The molecule has 0 amide bonds. The van der Waals surface area contributed by atoms with Crippen LogP contribution in [-0.2, 0) is 19.3 Å². The Labute approximate surface area is 120 Å². The van der Waals surface area contributed by atoms with Gasteiger partial charge in [0, 0.05) is 0 Å². The molecule has 0 aliphatic heterocycles. The van der Waals surface area contributed by atoms with Crippen molar-refractivity contribution < 1.29 is 4.39 Å². The lowest BCUT2D eigenvalue weighted by Crippen LogP contribution is -2.03. The van der Waals surface area contributed by atoms with Crippen molar-refractivity contribution in [2.24, 2.45) is 0 Å². The Morgan fingerprint density at radius 1 is 1.00 bits per heavy atom. The smallest absolute Gasteiger partial charge is 0.123 e. The third-order valence-electron chi connectivity index (χ3n) is 3.98. The molecule has 0 saturated heterocycles. The summed E-state index contributed by atoms with van der Waals surface area (Å²) in [5, 5.41) is 0. The molecule has 0 N–H and O–H groups in total.